The third-order valence-corrected chi connectivity index (χ3v) is 2.49. The maximum Gasteiger partial charge on any atom is 0.0771 e. The van der Waals surface area contributed by atoms with Crippen molar-refractivity contribution in [3.63, 3.8) is 0 Å². The van der Waals surface area contributed by atoms with Gasteiger partial charge in [-0.3, -0.25) is 4.90 Å². The Morgan fingerprint density at radius 1 is 1.07 bits per heavy atom. The summed E-state index contributed by atoms with van der Waals surface area (Å²) in [6, 6.07) is 1.09. The van der Waals surface area contributed by atoms with Crippen molar-refractivity contribution in [2.75, 3.05) is 13.2 Å². The molecule has 0 aliphatic rings. The first-order chi connectivity index (χ1) is 6.49. The van der Waals surface area contributed by atoms with Gasteiger partial charge in [-0.2, -0.15) is 0 Å². The lowest BCUT2D eigenvalue weighted by atomic mass is 10.1. The Kier molecular flexibility index (Phi) is 7.15. The van der Waals surface area contributed by atoms with Crippen molar-refractivity contribution in [2.45, 2.75) is 58.7 Å². The van der Waals surface area contributed by atoms with Crippen molar-refractivity contribution < 1.29 is 10.2 Å². The summed E-state index contributed by atoms with van der Waals surface area (Å²) >= 11 is 0. The van der Waals surface area contributed by atoms with Crippen LogP contribution < -0.4 is 0 Å². The Labute approximate surface area is 87.7 Å². The minimum Gasteiger partial charge on any atom is -0.394 e. The van der Waals surface area contributed by atoms with E-state index in [1.54, 1.807) is 0 Å². The molecular formula is C11H25NO2. The number of hydrogen-bond donors (Lipinski definition) is 2. The first kappa shape index (κ1) is 13.9. The maximum atomic E-state index is 9.18. The lowest BCUT2D eigenvalue weighted by Crippen LogP contribution is -2.38. The average molecular weight is 203 g/mol. The summed E-state index contributed by atoms with van der Waals surface area (Å²) in [4.78, 5) is 2.39. The van der Waals surface area contributed by atoms with Crippen molar-refractivity contribution >= 4 is 0 Å². The summed E-state index contributed by atoms with van der Waals surface area (Å²) in [5.74, 6) is 0. The summed E-state index contributed by atoms with van der Waals surface area (Å²) in [7, 11) is 0. The largest absolute Gasteiger partial charge is 0.394 e. The van der Waals surface area contributed by atoms with Gasteiger partial charge in [-0.25, -0.2) is 0 Å². The van der Waals surface area contributed by atoms with Gasteiger partial charge in [0.1, 0.15) is 0 Å². The molecule has 0 aromatic carbocycles. The van der Waals surface area contributed by atoms with Crippen molar-refractivity contribution in [3.05, 3.63) is 0 Å². The molecule has 0 aliphatic carbocycles. The van der Waals surface area contributed by atoms with Crippen molar-refractivity contribution in [1.29, 1.82) is 0 Å². The standard InChI is InChI=1S/C11H25NO2/c1-9(2)12(10(3)4)7-5-6-11(14)8-13/h9-11,13-14H,5-8H2,1-4H3. The molecule has 0 rings (SSSR count). The molecule has 0 saturated carbocycles. The van der Waals surface area contributed by atoms with Crippen LogP contribution in [0.2, 0.25) is 0 Å². The highest BCUT2D eigenvalue weighted by Crippen LogP contribution is 2.07. The summed E-state index contributed by atoms with van der Waals surface area (Å²) in [5, 5.41) is 17.8. The van der Waals surface area contributed by atoms with Gasteiger partial charge < -0.3 is 10.2 Å². The molecule has 0 fully saturated rings. The molecular weight excluding hydrogens is 178 g/mol. The molecule has 1 atom stereocenters. The molecule has 0 radical (unpaired) electrons. The van der Waals surface area contributed by atoms with Gasteiger partial charge in [0.2, 0.25) is 0 Å². The van der Waals surface area contributed by atoms with E-state index in [-0.39, 0.29) is 6.61 Å². The van der Waals surface area contributed by atoms with E-state index in [1.807, 2.05) is 0 Å². The molecule has 0 amide bonds. The van der Waals surface area contributed by atoms with Crippen molar-refractivity contribution in [2.24, 2.45) is 0 Å². The fourth-order valence-electron chi connectivity index (χ4n) is 1.71. The Bertz CT molecular complexity index is 129. The molecule has 0 heterocycles. The second-order valence-corrected chi connectivity index (χ2v) is 4.40. The Balaban J connectivity index is 3.72. The molecule has 3 nitrogen and oxygen atoms in total. The molecule has 0 saturated heterocycles. The van der Waals surface area contributed by atoms with Crippen LogP contribution in [-0.4, -0.2) is 46.5 Å². The molecule has 3 heteroatoms. The van der Waals surface area contributed by atoms with Crippen molar-refractivity contribution in [3.8, 4) is 0 Å². The molecule has 2 N–H and O–H groups in total. The predicted molar refractivity (Wildman–Crippen MR) is 59.3 cm³/mol. The molecule has 0 aromatic heterocycles. The van der Waals surface area contributed by atoms with E-state index >= 15 is 0 Å². The van der Waals surface area contributed by atoms with Crippen LogP contribution in [0.15, 0.2) is 0 Å². The van der Waals surface area contributed by atoms with E-state index in [1.165, 1.54) is 0 Å². The fourth-order valence-corrected chi connectivity index (χ4v) is 1.71. The summed E-state index contributed by atoms with van der Waals surface area (Å²) in [6.45, 7) is 9.60. The fraction of sp³-hybridized carbons (Fsp3) is 1.00. The normalized spacial score (nSPS) is 14.4. The molecule has 1 unspecified atom stereocenters. The quantitative estimate of drug-likeness (QED) is 0.654. The number of hydrogen-bond acceptors (Lipinski definition) is 3. The van der Waals surface area contributed by atoms with Gasteiger partial charge >= 0.3 is 0 Å². The summed E-state index contributed by atoms with van der Waals surface area (Å²) in [6.07, 6.45) is 1.08. The Hall–Kier alpha value is -0.120. The Morgan fingerprint density at radius 3 is 1.93 bits per heavy atom. The second-order valence-electron chi connectivity index (χ2n) is 4.40. The number of aliphatic hydroxyl groups excluding tert-OH is 2. The van der Waals surface area contributed by atoms with Gasteiger partial charge in [0.15, 0.2) is 0 Å². The zero-order chi connectivity index (χ0) is 11.1. The van der Waals surface area contributed by atoms with Gasteiger partial charge in [0.25, 0.3) is 0 Å². The van der Waals surface area contributed by atoms with Crippen LogP contribution in [0, 0.1) is 0 Å². The van der Waals surface area contributed by atoms with E-state index in [2.05, 4.69) is 32.6 Å². The molecule has 0 aromatic rings. The van der Waals surface area contributed by atoms with E-state index in [9.17, 15) is 5.11 Å². The van der Waals surface area contributed by atoms with Crippen LogP contribution in [0.1, 0.15) is 40.5 Å². The van der Waals surface area contributed by atoms with Crippen LogP contribution in [0.4, 0.5) is 0 Å². The lowest BCUT2D eigenvalue weighted by Gasteiger charge is -2.30. The molecule has 0 spiro atoms. The van der Waals surface area contributed by atoms with E-state index in [0.29, 0.717) is 18.5 Å². The van der Waals surface area contributed by atoms with Gasteiger partial charge in [0.05, 0.1) is 12.7 Å². The van der Waals surface area contributed by atoms with Gasteiger partial charge in [-0.15, -0.1) is 0 Å². The van der Waals surface area contributed by atoms with E-state index in [0.717, 1.165) is 13.0 Å². The number of nitrogens with zero attached hydrogens (tertiary/aromatic N) is 1. The third kappa shape index (κ3) is 5.58. The highest BCUT2D eigenvalue weighted by atomic mass is 16.3. The van der Waals surface area contributed by atoms with Gasteiger partial charge in [-0.1, -0.05) is 0 Å². The smallest absolute Gasteiger partial charge is 0.0771 e. The molecule has 86 valence electrons. The topological polar surface area (TPSA) is 43.7 Å². The monoisotopic (exact) mass is 203 g/mol. The third-order valence-electron chi connectivity index (χ3n) is 2.49. The number of aliphatic hydroxyl groups is 2. The minimum atomic E-state index is -0.545. The van der Waals surface area contributed by atoms with E-state index in [4.69, 9.17) is 5.11 Å². The van der Waals surface area contributed by atoms with E-state index < -0.39 is 6.10 Å². The highest BCUT2D eigenvalue weighted by Gasteiger charge is 2.13. The zero-order valence-electron chi connectivity index (χ0n) is 9.90. The van der Waals surface area contributed by atoms with Crippen LogP contribution in [-0.2, 0) is 0 Å². The lowest BCUT2D eigenvalue weighted by molar-refractivity contribution is 0.0793. The molecule has 0 bridgehead atoms. The van der Waals surface area contributed by atoms with Crippen LogP contribution in [0.5, 0.6) is 0 Å². The van der Waals surface area contributed by atoms with Gasteiger partial charge in [-0.05, 0) is 47.1 Å². The second kappa shape index (κ2) is 7.21. The molecule has 0 aliphatic heterocycles. The van der Waals surface area contributed by atoms with Gasteiger partial charge in [0, 0.05) is 12.1 Å². The highest BCUT2D eigenvalue weighted by molar-refractivity contribution is 4.67. The number of rotatable bonds is 7. The first-order valence-electron chi connectivity index (χ1n) is 5.53. The maximum absolute atomic E-state index is 9.18. The minimum absolute atomic E-state index is 0.122. The van der Waals surface area contributed by atoms with Crippen molar-refractivity contribution in [1.82, 2.24) is 4.90 Å². The zero-order valence-corrected chi connectivity index (χ0v) is 9.90. The summed E-state index contributed by atoms with van der Waals surface area (Å²) < 4.78 is 0. The summed E-state index contributed by atoms with van der Waals surface area (Å²) in [5.41, 5.74) is 0. The van der Waals surface area contributed by atoms with Crippen LogP contribution >= 0.6 is 0 Å². The first-order valence-corrected chi connectivity index (χ1v) is 5.53. The SMILES string of the molecule is CC(C)N(CCCC(O)CO)C(C)C. The Morgan fingerprint density at radius 2 is 1.57 bits per heavy atom. The van der Waals surface area contributed by atoms with Crippen LogP contribution in [0.25, 0.3) is 0 Å². The average Bonchev–Trinajstić information content (AvgIpc) is 2.10. The van der Waals surface area contributed by atoms with Crippen LogP contribution in [0.3, 0.4) is 0 Å². The molecule has 14 heavy (non-hydrogen) atoms. The predicted octanol–water partition coefficient (Wildman–Crippen LogP) is 1.24.